The Morgan fingerprint density at radius 1 is 0.808 bits per heavy atom. The van der Waals surface area contributed by atoms with Crippen LogP contribution in [0.15, 0.2) is 72.8 Å². The minimum absolute atomic E-state index is 0. The molecular weight excluding hydrogens is 1140 g/mol. The molecule has 0 spiro atoms. The summed E-state index contributed by atoms with van der Waals surface area (Å²) in [6, 6.07) is 25.2. The first-order valence-corrected chi connectivity index (χ1v) is 34.8. The molecule has 1 aliphatic heterocycles. The van der Waals surface area contributed by atoms with E-state index in [4.69, 9.17) is 68.9 Å². The molecule has 78 heavy (non-hydrogen) atoms. The summed E-state index contributed by atoms with van der Waals surface area (Å²) in [4.78, 5) is 29.0. The van der Waals surface area contributed by atoms with Crippen LogP contribution < -0.4 is 44.3 Å². The summed E-state index contributed by atoms with van der Waals surface area (Å²) in [5.74, 6) is -0.366. The number of fused-ring (bicyclic) bond motifs is 1. The molecule has 0 saturated carbocycles. The average molecular weight is 1220 g/mol. The van der Waals surface area contributed by atoms with Crippen molar-refractivity contribution in [1.29, 1.82) is 10.5 Å². The number of carbonyl (C=O) groups excluding carboxylic acids is 2. The minimum Gasteiger partial charge on any atom is -1.00 e. The standard InChI is InChI=1S/C29H40Cl2N2O6SSi.C28H36Cl2N2O3Si.Na.H/c1-20(19-38-40(5,35)36)18-37-27-22(16-32)9-8-10-24(27)28(34)33-17-23(21-11-12-25(30)26(31)15-21)13-14-39-41(6,7)29(2,3)4;1-19-16-32(27(33)23-9-7-8-21(15-31)26(23)34-18-19)17-22(20-10-11-24(29)25(30)14-20)12-13-35-36(5,6)28(2,3)4;;/h8-12,15,20,23H,13-14,17-19H2,1-7H3,(H,33,34);7-11,14,19,22H,12-13,16-18H2,1-6H3;;/q;;+1;-1/t20-,23+;19-,22-;;/m01../s1. The van der Waals surface area contributed by atoms with E-state index in [1.165, 1.54) is 0 Å². The monoisotopic (exact) mass is 1210 g/mol. The third-order valence-electron chi connectivity index (χ3n) is 14.4. The van der Waals surface area contributed by atoms with Gasteiger partial charge in [0, 0.05) is 56.5 Å². The smallest absolute Gasteiger partial charge is 1.00 e. The summed E-state index contributed by atoms with van der Waals surface area (Å²) in [5, 5.41) is 24.2. The van der Waals surface area contributed by atoms with E-state index in [0.717, 1.165) is 23.8 Å². The van der Waals surface area contributed by atoms with Crippen LogP contribution in [0.25, 0.3) is 0 Å². The fourth-order valence-corrected chi connectivity index (χ4v) is 10.9. The molecule has 0 aromatic heterocycles. The number of carbonyl (C=O) groups is 2. The van der Waals surface area contributed by atoms with Gasteiger partial charge in [-0.25, -0.2) is 0 Å². The number of hydrogen-bond acceptors (Lipinski definition) is 11. The van der Waals surface area contributed by atoms with Gasteiger partial charge < -0.3 is 30.0 Å². The summed E-state index contributed by atoms with van der Waals surface area (Å²) in [5.41, 5.74) is 3.13. The largest absolute Gasteiger partial charge is 1.00 e. The van der Waals surface area contributed by atoms with Gasteiger partial charge in [-0.05, 0) is 109 Å². The Bertz CT molecular complexity index is 2900. The van der Waals surface area contributed by atoms with Gasteiger partial charge in [0.25, 0.3) is 21.9 Å². The molecule has 1 heterocycles. The molecule has 0 unspecified atom stereocenters. The first-order valence-electron chi connectivity index (χ1n) is 25.7. The van der Waals surface area contributed by atoms with E-state index in [0.29, 0.717) is 76.3 Å². The molecule has 13 nitrogen and oxygen atoms in total. The Hall–Kier alpha value is -3.18. The predicted octanol–water partition coefficient (Wildman–Crippen LogP) is 11.4. The van der Waals surface area contributed by atoms with Gasteiger partial charge in [0.15, 0.2) is 16.6 Å². The van der Waals surface area contributed by atoms with E-state index in [9.17, 15) is 28.5 Å². The van der Waals surface area contributed by atoms with Gasteiger partial charge >= 0.3 is 29.6 Å². The van der Waals surface area contributed by atoms with Gasteiger partial charge in [0.05, 0.1) is 68.4 Å². The second kappa shape index (κ2) is 30.2. The van der Waals surface area contributed by atoms with Crippen molar-refractivity contribution in [2.24, 2.45) is 11.8 Å². The number of amides is 2. The summed E-state index contributed by atoms with van der Waals surface area (Å²) in [7, 11) is -7.48. The Balaban J connectivity index is 0.000000530. The van der Waals surface area contributed by atoms with Crippen molar-refractivity contribution in [3.05, 3.63) is 126 Å². The number of para-hydroxylation sites is 2. The van der Waals surface area contributed by atoms with Crippen LogP contribution in [0.2, 0.25) is 56.4 Å². The number of ether oxygens (including phenoxy) is 2. The Labute approximate surface area is 510 Å². The average Bonchev–Trinajstić information content (AvgIpc) is 3.34. The summed E-state index contributed by atoms with van der Waals surface area (Å²) in [6.07, 6.45) is 2.35. The van der Waals surface area contributed by atoms with Crippen LogP contribution in [0.4, 0.5) is 0 Å². The molecule has 1 N–H and O–H groups in total. The summed E-state index contributed by atoms with van der Waals surface area (Å²) >= 11 is 25.0. The molecule has 1 aliphatic rings. The van der Waals surface area contributed by atoms with Gasteiger partial charge in [-0.3, -0.25) is 13.8 Å². The zero-order valence-electron chi connectivity index (χ0n) is 48.7. The van der Waals surface area contributed by atoms with Crippen LogP contribution in [-0.4, -0.2) is 101 Å². The maximum atomic E-state index is 13.7. The summed E-state index contributed by atoms with van der Waals surface area (Å²) < 4.78 is 52.1. The molecule has 4 aromatic rings. The molecule has 21 heteroatoms. The van der Waals surface area contributed by atoms with Gasteiger partial charge in [-0.15, -0.1) is 0 Å². The number of halogens is 4. The number of hydrogen-bond donors (Lipinski definition) is 1. The zero-order valence-corrected chi connectivity index (χ0v) is 55.6. The Morgan fingerprint density at radius 2 is 1.32 bits per heavy atom. The molecule has 2 amide bonds. The van der Waals surface area contributed by atoms with E-state index in [2.05, 4.69) is 92.1 Å². The van der Waals surface area contributed by atoms with Gasteiger partial charge in [0.1, 0.15) is 23.6 Å². The maximum absolute atomic E-state index is 13.7. The maximum Gasteiger partial charge on any atom is 1.00 e. The number of nitriles is 2. The van der Waals surface area contributed by atoms with Crippen LogP contribution in [-0.2, 0) is 23.2 Å². The van der Waals surface area contributed by atoms with Crippen molar-refractivity contribution in [3.63, 3.8) is 0 Å². The molecule has 0 saturated heterocycles. The van der Waals surface area contributed by atoms with Crippen molar-refractivity contribution in [2.45, 2.75) is 116 Å². The number of rotatable bonds is 21. The van der Waals surface area contributed by atoms with Gasteiger partial charge in [-0.2, -0.15) is 18.9 Å². The number of benzene rings is 4. The first-order chi connectivity index (χ1) is 35.8. The first kappa shape index (κ1) is 69.1. The van der Waals surface area contributed by atoms with Gasteiger partial charge in [0.2, 0.25) is 0 Å². The normalized spacial score (nSPS) is 15.3. The summed E-state index contributed by atoms with van der Waals surface area (Å²) in [6.45, 7) is 28.7. The molecule has 5 rings (SSSR count). The second-order valence-corrected chi connectivity index (χ2v) is 35.8. The van der Waals surface area contributed by atoms with E-state index in [1.54, 1.807) is 61.5 Å². The van der Waals surface area contributed by atoms with Crippen molar-refractivity contribution in [3.8, 4) is 23.6 Å². The molecule has 0 radical (unpaired) electrons. The molecule has 0 aliphatic carbocycles. The van der Waals surface area contributed by atoms with Crippen LogP contribution in [0, 0.1) is 34.5 Å². The number of nitrogens with zero attached hydrogens (tertiary/aromatic N) is 3. The fourth-order valence-electron chi connectivity index (χ4n) is 7.69. The molecular formula is C57H77Cl4N4NaO9SSi2. The molecule has 0 fully saturated rings. The van der Waals surface area contributed by atoms with E-state index in [-0.39, 0.29) is 107 Å². The topological polar surface area (TPSA) is 177 Å². The number of nitrogens with one attached hydrogen (secondary N) is 1. The Kier molecular flexibility index (Phi) is 26.8. The predicted molar refractivity (Wildman–Crippen MR) is 316 cm³/mol. The molecule has 4 aromatic carbocycles. The third-order valence-corrected chi connectivity index (χ3v) is 25.5. The van der Waals surface area contributed by atoms with Crippen LogP contribution in [0.5, 0.6) is 11.5 Å². The van der Waals surface area contributed by atoms with Crippen molar-refractivity contribution >= 4 is 85.0 Å². The third kappa shape index (κ3) is 20.4. The Morgan fingerprint density at radius 3 is 1.83 bits per heavy atom. The molecule has 422 valence electrons. The van der Waals surface area contributed by atoms with Crippen LogP contribution >= 0.6 is 46.4 Å². The second-order valence-electron chi connectivity index (χ2n) is 22.9. The minimum atomic E-state index is -3.60. The van der Waals surface area contributed by atoms with E-state index >= 15 is 0 Å². The van der Waals surface area contributed by atoms with E-state index in [1.807, 2.05) is 23.1 Å². The quantitative estimate of drug-likeness (QED) is 0.0620. The van der Waals surface area contributed by atoms with Crippen molar-refractivity contribution < 1.29 is 71.5 Å². The van der Waals surface area contributed by atoms with E-state index < -0.39 is 32.7 Å². The zero-order chi connectivity index (χ0) is 57.7. The fraction of sp³-hybridized carbons (Fsp3) is 0.509. The van der Waals surface area contributed by atoms with Crippen molar-refractivity contribution in [2.75, 3.05) is 58.9 Å². The van der Waals surface area contributed by atoms with Crippen LogP contribution in [0.1, 0.15) is 124 Å². The van der Waals surface area contributed by atoms with Crippen LogP contribution in [0.3, 0.4) is 0 Å². The SMILES string of the molecule is C[C@@H](COc1c(C#N)cccc1C(=O)NC[C@@H](CCO[Si](C)(C)C(C)(C)C)c1ccc(Cl)c(Cl)c1)COS(C)(=O)=O.C[C@H]1COc2c(C#N)cccc2C(=O)N(C[C@@H](CCO[Si](C)(C)C(C)(C)C)c2ccc(Cl)c(Cl)c2)C1.[H-].[Na+]. The molecule has 4 atom stereocenters. The van der Waals surface area contributed by atoms with Gasteiger partial charge in [-0.1, -0.05) is 126 Å². The molecule has 0 bridgehead atoms. The van der Waals surface area contributed by atoms with Crippen molar-refractivity contribution in [1.82, 2.24) is 10.2 Å².